The van der Waals surface area contributed by atoms with Crippen molar-refractivity contribution in [2.24, 2.45) is 13.0 Å². The van der Waals surface area contributed by atoms with E-state index in [1.54, 1.807) is 4.68 Å². The van der Waals surface area contributed by atoms with E-state index in [0.717, 1.165) is 30.8 Å². The maximum Gasteiger partial charge on any atom is 0.239 e. The zero-order valence-electron chi connectivity index (χ0n) is 11.8. The third-order valence-electron chi connectivity index (χ3n) is 2.72. The summed E-state index contributed by atoms with van der Waals surface area (Å²) in [4.78, 5) is 11.6. The van der Waals surface area contributed by atoms with Crippen molar-refractivity contribution in [2.75, 3.05) is 18.4 Å². The van der Waals surface area contributed by atoms with Crippen molar-refractivity contribution in [1.82, 2.24) is 15.1 Å². The highest BCUT2D eigenvalue weighted by Gasteiger charge is 2.07. The van der Waals surface area contributed by atoms with Crippen molar-refractivity contribution in [3.8, 4) is 0 Å². The molecule has 0 spiro atoms. The molecule has 1 rings (SSSR count). The third kappa shape index (κ3) is 4.77. The Morgan fingerprint density at radius 3 is 2.83 bits per heavy atom. The first kappa shape index (κ1) is 14.5. The molecule has 2 N–H and O–H groups in total. The third-order valence-corrected chi connectivity index (χ3v) is 2.72. The smallest absolute Gasteiger partial charge is 0.239 e. The summed E-state index contributed by atoms with van der Waals surface area (Å²) in [6.45, 7) is 7.39. The van der Waals surface area contributed by atoms with E-state index >= 15 is 0 Å². The molecule has 0 saturated heterocycles. The number of carbonyl (C=O) groups is 1. The molecule has 0 aliphatic carbocycles. The van der Waals surface area contributed by atoms with Gasteiger partial charge in [-0.15, -0.1) is 0 Å². The molecule has 1 amide bonds. The first-order chi connectivity index (χ1) is 8.52. The first-order valence-corrected chi connectivity index (χ1v) is 6.56. The second-order valence-corrected chi connectivity index (χ2v) is 4.90. The van der Waals surface area contributed by atoms with E-state index in [1.165, 1.54) is 0 Å². The van der Waals surface area contributed by atoms with Crippen LogP contribution >= 0.6 is 0 Å². The summed E-state index contributed by atoms with van der Waals surface area (Å²) in [7, 11) is 1.88. The number of aryl methyl sites for hydroxylation is 2. The van der Waals surface area contributed by atoms with Crippen molar-refractivity contribution < 1.29 is 4.79 Å². The summed E-state index contributed by atoms with van der Waals surface area (Å²) in [6.07, 6.45) is 3.78. The number of nitrogens with one attached hydrogen (secondary N) is 2. The lowest BCUT2D eigenvalue weighted by atomic mass is 10.1. The molecule has 1 aromatic rings. The lowest BCUT2D eigenvalue weighted by Crippen LogP contribution is -2.31. The number of hydrogen-bond acceptors (Lipinski definition) is 3. The van der Waals surface area contributed by atoms with E-state index in [0.29, 0.717) is 12.5 Å². The number of hydrogen-bond donors (Lipinski definition) is 2. The molecule has 1 heterocycles. The summed E-state index contributed by atoms with van der Waals surface area (Å²) in [5.74, 6) is 0.643. The van der Waals surface area contributed by atoms with Gasteiger partial charge in [0.2, 0.25) is 5.91 Å². The fourth-order valence-corrected chi connectivity index (χ4v) is 1.68. The predicted molar refractivity (Wildman–Crippen MR) is 73.5 cm³/mol. The first-order valence-electron chi connectivity index (χ1n) is 6.56. The van der Waals surface area contributed by atoms with Crippen LogP contribution in [-0.2, 0) is 18.3 Å². The Bertz CT molecular complexity index is 384. The maximum absolute atomic E-state index is 11.6. The molecule has 0 radical (unpaired) electrons. The molecule has 0 atom stereocenters. The molecule has 102 valence electrons. The summed E-state index contributed by atoms with van der Waals surface area (Å²) >= 11 is 0. The normalized spacial score (nSPS) is 10.7. The zero-order chi connectivity index (χ0) is 13.5. The van der Waals surface area contributed by atoms with Crippen molar-refractivity contribution in [3.63, 3.8) is 0 Å². The molecule has 5 heteroatoms. The van der Waals surface area contributed by atoms with Gasteiger partial charge < -0.3 is 10.6 Å². The molecule has 0 unspecified atom stereocenters. The fraction of sp³-hybridized carbons (Fsp3) is 0.692. The topological polar surface area (TPSA) is 59.0 Å². The molecule has 0 aliphatic rings. The Hall–Kier alpha value is -1.52. The Balaban J connectivity index is 2.33. The van der Waals surface area contributed by atoms with Crippen molar-refractivity contribution in [2.45, 2.75) is 33.6 Å². The van der Waals surface area contributed by atoms with Gasteiger partial charge in [0.05, 0.1) is 17.9 Å². The lowest BCUT2D eigenvalue weighted by Gasteiger charge is -2.08. The number of amides is 1. The van der Waals surface area contributed by atoms with Crippen LogP contribution in [0.1, 0.15) is 32.9 Å². The van der Waals surface area contributed by atoms with Crippen molar-refractivity contribution in [3.05, 3.63) is 11.9 Å². The van der Waals surface area contributed by atoms with Gasteiger partial charge in [-0.1, -0.05) is 20.8 Å². The Labute approximate surface area is 109 Å². The van der Waals surface area contributed by atoms with E-state index in [4.69, 9.17) is 0 Å². The highest BCUT2D eigenvalue weighted by molar-refractivity contribution is 5.80. The molecule has 0 aliphatic heterocycles. The fourth-order valence-electron chi connectivity index (χ4n) is 1.68. The maximum atomic E-state index is 11.6. The van der Waals surface area contributed by atoms with E-state index in [1.807, 2.05) is 13.2 Å². The molecule has 18 heavy (non-hydrogen) atoms. The summed E-state index contributed by atoms with van der Waals surface area (Å²) in [5.41, 5.74) is 1.94. The summed E-state index contributed by atoms with van der Waals surface area (Å²) in [6, 6.07) is 0. The van der Waals surface area contributed by atoms with Crippen LogP contribution in [0.3, 0.4) is 0 Å². The average Bonchev–Trinajstić information content (AvgIpc) is 2.66. The van der Waals surface area contributed by atoms with Crippen LogP contribution < -0.4 is 10.6 Å². The van der Waals surface area contributed by atoms with Crippen molar-refractivity contribution >= 4 is 11.6 Å². The molecule has 0 bridgehead atoms. The van der Waals surface area contributed by atoms with Gasteiger partial charge in [-0.25, -0.2) is 0 Å². The van der Waals surface area contributed by atoms with Gasteiger partial charge in [0, 0.05) is 19.8 Å². The number of aromatic nitrogens is 2. The standard InChI is InChI=1S/C13H24N4O/c1-5-11-12(9-17(4)16-11)15-8-13(18)14-7-6-10(2)3/h9-10,15H,5-8H2,1-4H3,(H,14,18). The quantitative estimate of drug-likeness (QED) is 0.774. The molecular weight excluding hydrogens is 228 g/mol. The van der Waals surface area contributed by atoms with Gasteiger partial charge in [0.25, 0.3) is 0 Å². The largest absolute Gasteiger partial charge is 0.373 e. The van der Waals surface area contributed by atoms with Crippen LogP contribution in [0, 0.1) is 5.92 Å². The molecule has 0 fully saturated rings. The van der Waals surface area contributed by atoms with Crippen molar-refractivity contribution in [1.29, 1.82) is 0 Å². The number of nitrogens with zero attached hydrogens (tertiary/aromatic N) is 2. The van der Waals surface area contributed by atoms with Crippen LogP contribution in [0.15, 0.2) is 6.20 Å². The molecule has 0 saturated carbocycles. The zero-order valence-corrected chi connectivity index (χ0v) is 11.8. The minimum absolute atomic E-state index is 0.0292. The molecule has 0 aromatic carbocycles. The van der Waals surface area contributed by atoms with Gasteiger partial charge in [-0.05, 0) is 18.8 Å². The Morgan fingerprint density at radius 2 is 2.22 bits per heavy atom. The van der Waals surface area contributed by atoms with Gasteiger partial charge in [0.1, 0.15) is 0 Å². The van der Waals surface area contributed by atoms with Gasteiger partial charge in [-0.3, -0.25) is 9.48 Å². The number of anilines is 1. The van der Waals surface area contributed by atoms with E-state index in [-0.39, 0.29) is 5.91 Å². The van der Waals surface area contributed by atoms with E-state index in [2.05, 4.69) is 36.5 Å². The van der Waals surface area contributed by atoms with Crippen LogP contribution in [0.2, 0.25) is 0 Å². The highest BCUT2D eigenvalue weighted by atomic mass is 16.1. The average molecular weight is 252 g/mol. The number of carbonyl (C=O) groups excluding carboxylic acids is 1. The Kier molecular flexibility index (Phi) is 5.68. The summed E-state index contributed by atoms with van der Waals surface area (Å²) < 4.78 is 1.76. The minimum atomic E-state index is 0.0292. The summed E-state index contributed by atoms with van der Waals surface area (Å²) in [5, 5.41) is 10.3. The van der Waals surface area contributed by atoms with Gasteiger partial charge in [-0.2, -0.15) is 5.10 Å². The number of rotatable bonds is 7. The Morgan fingerprint density at radius 1 is 1.50 bits per heavy atom. The monoisotopic (exact) mass is 252 g/mol. The van der Waals surface area contributed by atoms with Gasteiger partial charge in [0.15, 0.2) is 0 Å². The van der Waals surface area contributed by atoms with Crippen LogP contribution in [0.4, 0.5) is 5.69 Å². The predicted octanol–water partition coefficient (Wildman–Crippen LogP) is 1.56. The second-order valence-electron chi connectivity index (χ2n) is 4.90. The molecule has 5 nitrogen and oxygen atoms in total. The second kappa shape index (κ2) is 7.03. The van der Waals surface area contributed by atoms with Crippen LogP contribution in [0.25, 0.3) is 0 Å². The molecular formula is C13H24N4O. The lowest BCUT2D eigenvalue weighted by molar-refractivity contribution is -0.119. The van der Waals surface area contributed by atoms with Gasteiger partial charge >= 0.3 is 0 Å². The van der Waals surface area contributed by atoms with E-state index < -0.39 is 0 Å². The minimum Gasteiger partial charge on any atom is -0.373 e. The van der Waals surface area contributed by atoms with Crippen LogP contribution in [-0.4, -0.2) is 28.8 Å². The van der Waals surface area contributed by atoms with Crippen LogP contribution in [0.5, 0.6) is 0 Å². The SMILES string of the molecule is CCc1nn(C)cc1NCC(=O)NCCC(C)C. The van der Waals surface area contributed by atoms with E-state index in [9.17, 15) is 4.79 Å². The molecule has 1 aromatic heterocycles. The highest BCUT2D eigenvalue weighted by Crippen LogP contribution is 2.12.